The Balaban J connectivity index is 2.82. The van der Waals surface area contributed by atoms with Crippen molar-refractivity contribution in [3.63, 3.8) is 0 Å². The van der Waals surface area contributed by atoms with Gasteiger partial charge in [0.15, 0.2) is 0 Å². The first kappa shape index (κ1) is 5.02. The molecule has 0 atom stereocenters. The molecule has 0 aliphatic heterocycles. The summed E-state index contributed by atoms with van der Waals surface area (Å²) in [5, 5.41) is 0. The van der Waals surface area contributed by atoms with Gasteiger partial charge < -0.3 is 0 Å². The van der Waals surface area contributed by atoms with E-state index in [1.165, 1.54) is 0 Å². The van der Waals surface area contributed by atoms with Gasteiger partial charge in [-0.05, 0) is 12.2 Å². The van der Waals surface area contributed by atoms with Gasteiger partial charge in [0.2, 0.25) is 0 Å². The Bertz CT molecular complexity index is 168. The third kappa shape index (κ3) is 0.927. The van der Waals surface area contributed by atoms with Crippen molar-refractivity contribution in [2.45, 2.75) is 0 Å². The van der Waals surface area contributed by atoms with E-state index in [1.54, 1.807) is 6.08 Å². The molecule has 0 heterocycles. The highest BCUT2D eigenvalue weighted by Crippen LogP contribution is 2.01. The molecule has 1 rings (SSSR count). The zero-order valence-corrected chi connectivity index (χ0v) is 4.46. The van der Waals surface area contributed by atoms with Crippen LogP contribution in [0.25, 0.3) is 0 Å². The van der Waals surface area contributed by atoms with Crippen molar-refractivity contribution >= 4 is 0 Å². The molecule has 8 heavy (non-hydrogen) atoms. The highest BCUT2D eigenvalue weighted by molar-refractivity contribution is 5.36. The van der Waals surface area contributed by atoms with Gasteiger partial charge in [-0.1, -0.05) is 5.57 Å². The van der Waals surface area contributed by atoms with E-state index in [1.807, 2.05) is 24.3 Å². The molecule has 0 amide bonds. The second kappa shape index (κ2) is 2.25. The Hall–Kier alpha value is -1.13. The Morgan fingerprint density at radius 2 is 2.50 bits per heavy atom. The van der Waals surface area contributed by atoms with Gasteiger partial charge in [0.05, 0.1) is 12.2 Å². The van der Waals surface area contributed by atoms with Crippen LogP contribution in [0.15, 0.2) is 36.0 Å². The number of rotatable bonds is 1. The number of allylic oxidation sites excluding steroid dienone is 7. The van der Waals surface area contributed by atoms with Crippen molar-refractivity contribution in [3.05, 3.63) is 48.6 Å². The van der Waals surface area contributed by atoms with E-state index in [2.05, 4.69) is 6.08 Å². The van der Waals surface area contributed by atoms with Crippen LogP contribution < -0.4 is 0 Å². The molecule has 0 aromatic rings. The molecule has 0 fully saturated rings. The Kier molecular flexibility index (Phi) is 1.41. The third-order valence-electron chi connectivity index (χ3n) is 0.936. The monoisotopic (exact) mass is 102 g/mol. The van der Waals surface area contributed by atoms with E-state index >= 15 is 0 Å². The zero-order valence-electron chi connectivity index (χ0n) is 4.46. The molecule has 1 aliphatic rings. The van der Waals surface area contributed by atoms with E-state index < -0.39 is 0 Å². The molecular weight excluding hydrogens is 96.1 g/mol. The minimum atomic E-state index is 1.03. The molecule has 0 unspecified atom stereocenters. The van der Waals surface area contributed by atoms with E-state index in [0.717, 1.165) is 5.57 Å². The fourth-order valence-electron chi connectivity index (χ4n) is 0.511. The largest absolute Gasteiger partial charge is 0.290 e. The van der Waals surface area contributed by atoms with Crippen molar-refractivity contribution in [1.82, 2.24) is 0 Å². The van der Waals surface area contributed by atoms with Crippen molar-refractivity contribution in [3.8, 4) is 0 Å². The first-order chi connectivity index (χ1) is 3.93. The van der Waals surface area contributed by atoms with Gasteiger partial charge >= 0.3 is 0 Å². The van der Waals surface area contributed by atoms with Gasteiger partial charge in [-0.2, -0.15) is 0 Å². The molecule has 1 aliphatic carbocycles. The SMILES string of the molecule is [CH-]=CC1=CC=[C+]C=C1. The number of hydrogen-bond donors (Lipinski definition) is 0. The second-order valence-electron chi connectivity index (χ2n) is 1.50. The minimum Gasteiger partial charge on any atom is -0.290 e. The van der Waals surface area contributed by atoms with Gasteiger partial charge in [-0.3, -0.25) is 6.58 Å². The average Bonchev–Trinajstić information content (AvgIpc) is 1.90. The maximum atomic E-state index is 5.21. The minimum absolute atomic E-state index is 1.03. The van der Waals surface area contributed by atoms with Crippen LogP contribution in [-0.4, -0.2) is 0 Å². The van der Waals surface area contributed by atoms with Crippen LogP contribution in [0.2, 0.25) is 0 Å². The smallest absolute Gasteiger partial charge is 0.0851 e. The van der Waals surface area contributed by atoms with Gasteiger partial charge in [-0.25, -0.2) is 6.08 Å². The molecule has 38 valence electrons. The first-order valence-electron chi connectivity index (χ1n) is 2.44. The summed E-state index contributed by atoms with van der Waals surface area (Å²) in [7, 11) is 0. The summed E-state index contributed by atoms with van der Waals surface area (Å²) < 4.78 is 0. The molecule has 0 heteroatoms. The van der Waals surface area contributed by atoms with E-state index in [-0.39, 0.29) is 0 Å². The Labute approximate surface area is 49.5 Å². The van der Waals surface area contributed by atoms with Gasteiger partial charge in [-0.15, -0.1) is 0 Å². The molecule has 0 aromatic heterocycles. The van der Waals surface area contributed by atoms with Crippen LogP contribution in [0.5, 0.6) is 0 Å². The average molecular weight is 102 g/mol. The highest BCUT2D eigenvalue weighted by Gasteiger charge is 1.84. The first-order valence-corrected chi connectivity index (χ1v) is 2.44. The summed E-state index contributed by atoms with van der Waals surface area (Å²) >= 11 is 0. The summed E-state index contributed by atoms with van der Waals surface area (Å²) in [5.74, 6) is 0. The third-order valence-corrected chi connectivity index (χ3v) is 0.936. The molecule has 0 saturated carbocycles. The lowest BCUT2D eigenvalue weighted by Gasteiger charge is -1.91. The van der Waals surface area contributed by atoms with Gasteiger partial charge in [0.1, 0.15) is 0 Å². The Morgan fingerprint density at radius 1 is 1.62 bits per heavy atom. The molecule has 0 aromatic carbocycles. The van der Waals surface area contributed by atoms with Crippen molar-refractivity contribution in [1.29, 1.82) is 0 Å². The predicted octanol–water partition coefficient (Wildman–Crippen LogP) is 1.83. The van der Waals surface area contributed by atoms with E-state index in [4.69, 9.17) is 6.58 Å². The van der Waals surface area contributed by atoms with Crippen molar-refractivity contribution in [2.75, 3.05) is 0 Å². The predicted molar refractivity (Wildman–Crippen MR) is 33.9 cm³/mol. The van der Waals surface area contributed by atoms with E-state index in [9.17, 15) is 0 Å². The lowest BCUT2D eigenvalue weighted by molar-refractivity contribution is 1.62. The molecule has 0 bridgehead atoms. The molecule has 0 saturated heterocycles. The maximum absolute atomic E-state index is 5.21. The van der Waals surface area contributed by atoms with Crippen LogP contribution in [0.4, 0.5) is 0 Å². The zero-order chi connectivity index (χ0) is 5.82. The molecule has 0 N–H and O–H groups in total. The van der Waals surface area contributed by atoms with E-state index in [0.29, 0.717) is 0 Å². The lowest BCUT2D eigenvalue weighted by atomic mass is 10.2. The fourth-order valence-corrected chi connectivity index (χ4v) is 0.511. The summed E-state index contributed by atoms with van der Waals surface area (Å²) in [4.78, 5) is 0. The number of hydrogen-bond acceptors (Lipinski definition) is 0. The van der Waals surface area contributed by atoms with Crippen molar-refractivity contribution < 1.29 is 0 Å². The van der Waals surface area contributed by atoms with Crippen molar-refractivity contribution in [2.24, 2.45) is 0 Å². The summed E-state index contributed by atoms with van der Waals surface area (Å²) in [6.45, 7) is 5.21. The topological polar surface area (TPSA) is 0 Å². The maximum Gasteiger partial charge on any atom is 0.0851 e. The van der Waals surface area contributed by atoms with Crippen LogP contribution in [0.3, 0.4) is 0 Å². The normalized spacial score (nSPS) is 14.8. The van der Waals surface area contributed by atoms with Gasteiger partial charge in [0, 0.05) is 6.08 Å². The molecule has 0 spiro atoms. The molecular formula is C8H6. The molecule has 0 nitrogen and oxygen atoms in total. The second-order valence-corrected chi connectivity index (χ2v) is 1.50. The fraction of sp³-hybridized carbons (Fsp3) is 0. The quantitative estimate of drug-likeness (QED) is 0.443. The van der Waals surface area contributed by atoms with Crippen LogP contribution in [0.1, 0.15) is 0 Å². The summed E-state index contributed by atoms with van der Waals surface area (Å²) in [6, 6.07) is 0. The summed E-state index contributed by atoms with van der Waals surface area (Å²) in [5.41, 5.74) is 1.03. The summed E-state index contributed by atoms with van der Waals surface area (Å²) in [6.07, 6.45) is 11.9. The standard InChI is InChI=1S/C8H6/c1-2-8-6-4-3-5-7-8/h1-2,4-7H. The van der Waals surface area contributed by atoms with Crippen LogP contribution in [-0.2, 0) is 0 Å². The highest BCUT2D eigenvalue weighted by atomic mass is 13.9. The molecule has 0 radical (unpaired) electrons. The van der Waals surface area contributed by atoms with Gasteiger partial charge in [0.25, 0.3) is 0 Å². The lowest BCUT2D eigenvalue weighted by Crippen LogP contribution is -1.71. The van der Waals surface area contributed by atoms with Crippen LogP contribution >= 0.6 is 0 Å². The Morgan fingerprint density at radius 3 is 2.88 bits per heavy atom. The van der Waals surface area contributed by atoms with Crippen LogP contribution in [0, 0.1) is 12.7 Å².